The van der Waals surface area contributed by atoms with E-state index in [-0.39, 0.29) is 5.54 Å². The summed E-state index contributed by atoms with van der Waals surface area (Å²) in [5.74, 6) is 1.61. The lowest BCUT2D eigenvalue weighted by Crippen LogP contribution is -2.35. The van der Waals surface area contributed by atoms with E-state index in [0.29, 0.717) is 13.2 Å². The van der Waals surface area contributed by atoms with Gasteiger partial charge in [0.05, 0.1) is 6.61 Å². The second-order valence-corrected chi connectivity index (χ2v) is 6.03. The van der Waals surface area contributed by atoms with Gasteiger partial charge in [-0.25, -0.2) is 0 Å². The van der Waals surface area contributed by atoms with Gasteiger partial charge < -0.3 is 14.8 Å². The Balaban J connectivity index is 2.95. The van der Waals surface area contributed by atoms with Crippen LogP contribution in [-0.4, -0.2) is 18.8 Å². The zero-order valence-electron chi connectivity index (χ0n) is 13.4. The molecule has 0 fully saturated rings. The molecule has 0 saturated carbocycles. The Labute approximate surface area is 123 Å². The first kappa shape index (κ1) is 16.6. The minimum Gasteiger partial charge on any atom is -0.490 e. The fourth-order valence-corrected chi connectivity index (χ4v) is 1.69. The van der Waals surface area contributed by atoms with Crippen LogP contribution in [0.4, 0.5) is 0 Å². The molecule has 1 aromatic carbocycles. The van der Waals surface area contributed by atoms with Gasteiger partial charge in [-0.05, 0) is 46.3 Å². The van der Waals surface area contributed by atoms with E-state index in [1.165, 1.54) is 0 Å². The molecule has 112 valence electrons. The fraction of sp³-hybridized carbons (Fsp3) is 0.529. The molecule has 0 atom stereocenters. The average Bonchev–Trinajstić information content (AvgIpc) is 2.34. The Morgan fingerprint density at radius 2 is 1.95 bits per heavy atom. The molecule has 0 aliphatic heterocycles. The predicted molar refractivity (Wildman–Crippen MR) is 84.5 cm³/mol. The Morgan fingerprint density at radius 3 is 2.50 bits per heavy atom. The van der Waals surface area contributed by atoms with E-state index in [1.54, 1.807) is 0 Å². The number of benzene rings is 1. The van der Waals surface area contributed by atoms with Gasteiger partial charge >= 0.3 is 0 Å². The zero-order valence-corrected chi connectivity index (χ0v) is 13.4. The molecule has 0 unspecified atom stereocenters. The molecule has 0 aliphatic carbocycles. The Hall–Kier alpha value is -1.48. The summed E-state index contributed by atoms with van der Waals surface area (Å²) in [6.07, 6.45) is 0. The smallest absolute Gasteiger partial charge is 0.166 e. The second kappa shape index (κ2) is 7.34. The molecule has 3 nitrogen and oxygen atoms in total. The number of ether oxygens (including phenoxy) is 2. The highest BCUT2D eigenvalue weighted by Gasteiger charge is 2.14. The second-order valence-electron chi connectivity index (χ2n) is 6.03. The van der Waals surface area contributed by atoms with Gasteiger partial charge in [0.2, 0.25) is 0 Å². The molecule has 0 spiro atoms. The van der Waals surface area contributed by atoms with Crippen LogP contribution in [0.3, 0.4) is 0 Å². The number of para-hydroxylation sites is 1. The van der Waals surface area contributed by atoms with Crippen LogP contribution in [0.2, 0.25) is 0 Å². The Kier molecular flexibility index (Phi) is 6.08. The minimum atomic E-state index is 0.0627. The molecule has 20 heavy (non-hydrogen) atoms. The standard InChI is InChI=1S/C17H27NO2/c1-7-19-15-10-8-9-14(11-18-17(4,5)6)16(15)20-12-13(2)3/h8-10,18H,2,7,11-12H2,1,3-6H3. The summed E-state index contributed by atoms with van der Waals surface area (Å²) in [6.45, 7) is 16.1. The van der Waals surface area contributed by atoms with Crippen LogP contribution in [0.1, 0.15) is 40.2 Å². The minimum absolute atomic E-state index is 0.0627. The summed E-state index contributed by atoms with van der Waals surface area (Å²) >= 11 is 0. The summed E-state index contributed by atoms with van der Waals surface area (Å²) in [6, 6.07) is 6.01. The van der Waals surface area contributed by atoms with E-state index in [0.717, 1.165) is 29.2 Å². The van der Waals surface area contributed by atoms with Gasteiger partial charge in [0.25, 0.3) is 0 Å². The van der Waals surface area contributed by atoms with Gasteiger partial charge in [-0.15, -0.1) is 0 Å². The average molecular weight is 277 g/mol. The van der Waals surface area contributed by atoms with Crippen LogP contribution in [0.25, 0.3) is 0 Å². The molecule has 1 aromatic rings. The third-order valence-electron chi connectivity index (χ3n) is 2.63. The van der Waals surface area contributed by atoms with Crippen molar-refractivity contribution in [2.24, 2.45) is 0 Å². The number of hydrogen-bond acceptors (Lipinski definition) is 3. The molecule has 0 aliphatic rings. The third-order valence-corrected chi connectivity index (χ3v) is 2.63. The van der Waals surface area contributed by atoms with Crippen molar-refractivity contribution < 1.29 is 9.47 Å². The molecular formula is C17H27NO2. The molecule has 0 bridgehead atoms. The Bertz CT molecular complexity index is 447. The maximum atomic E-state index is 5.88. The number of hydrogen-bond donors (Lipinski definition) is 1. The van der Waals surface area contributed by atoms with Crippen LogP contribution in [0.15, 0.2) is 30.4 Å². The van der Waals surface area contributed by atoms with E-state index >= 15 is 0 Å². The van der Waals surface area contributed by atoms with Crippen molar-refractivity contribution in [3.63, 3.8) is 0 Å². The van der Waals surface area contributed by atoms with Crippen LogP contribution in [0, 0.1) is 0 Å². The normalized spacial score (nSPS) is 11.2. The van der Waals surface area contributed by atoms with E-state index in [1.807, 2.05) is 26.0 Å². The highest BCUT2D eigenvalue weighted by atomic mass is 16.5. The first-order chi connectivity index (χ1) is 9.33. The first-order valence-corrected chi connectivity index (χ1v) is 7.10. The maximum absolute atomic E-state index is 5.88. The van der Waals surface area contributed by atoms with Crippen molar-refractivity contribution >= 4 is 0 Å². The molecule has 0 radical (unpaired) electrons. The first-order valence-electron chi connectivity index (χ1n) is 7.10. The zero-order chi connectivity index (χ0) is 15.2. The van der Waals surface area contributed by atoms with Gasteiger partial charge in [0.1, 0.15) is 6.61 Å². The van der Waals surface area contributed by atoms with E-state index in [4.69, 9.17) is 9.47 Å². The van der Waals surface area contributed by atoms with Crippen LogP contribution in [0.5, 0.6) is 11.5 Å². The Morgan fingerprint density at radius 1 is 1.25 bits per heavy atom. The van der Waals surface area contributed by atoms with E-state index in [9.17, 15) is 0 Å². The summed E-state index contributed by atoms with van der Waals surface area (Å²) in [5.41, 5.74) is 2.16. The van der Waals surface area contributed by atoms with Gasteiger partial charge in [0, 0.05) is 17.6 Å². The predicted octanol–water partition coefficient (Wildman–Crippen LogP) is 3.93. The van der Waals surface area contributed by atoms with Gasteiger partial charge in [-0.3, -0.25) is 0 Å². The lowest BCUT2D eigenvalue weighted by molar-refractivity contribution is 0.289. The molecule has 1 N–H and O–H groups in total. The molecule has 0 amide bonds. The molecule has 0 aromatic heterocycles. The van der Waals surface area contributed by atoms with E-state index < -0.39 is 0 Å². The van der Waals surface area contributed by atoms with Crippen molar-refractivity contribution in [3.05, 3.63) is 35.9 Å². The van der Waals surface area contributed by atoms with Crippen LogP contribution in [-0.2, 0) is 6.54 Å². The van der Waals surface area contributed by atoms with Crippen molar-refractivity contribution in [1.82, 2.24) is 5.32 Å². The van der Waals surface area contributed by atoms with E-state index in [2.05, 4.69) is 38.7 Å². The number of rotatable bonds is 7. The van der Waals surface area contributed by atoms with Gasteiger partial charge in [0.15, 0.2) is 11.5 Å². The maximum Gasteiger partial charge on any atom is 0.166 e. The lowest BCUT2D eigenvalue weighted by atomic mass is 10.1. The summed E-state index contributed by atoms with van der Waals surface area (Å²) in [5, 5.41) is 3.48. The topological polar surface area (TPSA) is 30.5 Å². The molecule has 0 saturated heterocycles. The highest BCUT2D eigenvalue weighted by molar-refractivity contribution is 5.47. The molecule has 1 rings (SSSR count). The fourth-order valence-electron chi connectivity index (χ4n) is 1.69. The lowest BCUT2D eigenvalue weighted by Gasteiger charge is -2.22. The summed E-state index contributed by atoms with van der Waals surface area (Å²) in [4.78, 5) is 0. The van der Waals surface area contributed by atoms with Crippen molar-refractivity contribution in [2.75, 3.05) is 13.2 Å². The summed E-state index contributed by atoms with van der Waals surface area (Å²) < 4.78 is 11.5. The SMILES string of the molecule is C=C(C)COc1c(CNC(C)(C)C)cccc1OCC. The van der Waals surface area contributed by atoms with Crippen molar-refractivity contribution in [1.29, 1.82) is 0 Å². The summed E-state index contributed by atoms with van der Waals surface area (Å²) in [7, 11) is 0. The van der Waals surface area contributed by atoms with Crippen LogP contribution < -0.4 is 14.8 Å². The molecule has 3 heteroatoms. The molecular weight excluding hydrogens is 250 g/mol. The number of nitrogens with one attached hydrogen (secondary N) is 1. The van der Waals surface area contributed by atoms with Crippen LogP contribution >= 0.6 is 0 Å². The van der Waals surface area contributed by atoms with Gasteiger partial charge in [-0.2, -0.15) is 0 Å². The largest absolute Gasteiger partial charge is 0.490 e. The van der Waals surface area contributed by atoms with Crippen molar-refractivity contribution in [2.45, 2.75) is 46.7 Å². The third kappa shape index (κ3) is 5.66. The monoisotopic (exact) mass is 277 g/mol. The highest BCUT2D eigenvalue weighted by Crippen LogP contribution is 2.32. The molecule has 0 heterocycles. The van der Waals surface area contributed by atoms with Gasteiger partial charge in [-0.1, -0.05) is 18.7 Å². The van der Waals surface area contributed by atoms with Crippen molar-refractivity contribution in [3.8, 4) is 11.5 Å². The quantitative estimate of drug-likeness (QED) is 0.766.